The molecule has 12 heteroatoms. The fourth-order valence-corrected chi connectivity index (χ4v) is 3.61. The molecule has 32 heavy (non-hydrogen) atoms. The number of hydrogen-bond acceptors (Lipinski definition) is 5. The van der Waals surface area contributed by atoms with E-state index in [0.29, 0.717) is 13.0 Å². The van der Waals surface area contributed by atoms with Crippen LogP contribution in [0.3, 0.4) is 0 Å². The van der Waals surface area contributed by atoms with Crippen LogP contribution in [-0.2, 0) is 18.4 Å². The van der Waals surface area contributed by atoms with Gasteiger partial charge in [0.1, 0.15) is 11.6 Å². The van der Waals surface area contributed by atoms with Crippen LogP contribution in [0.25, 0.3) is 0 Å². The fraction of sp³-hybridized carbons (Fsp3) is 0.400. The van der Waals surface area contributed by atoms with E-state index >= 15 is 0 Å². The van der Waals surface area contributed by atoms with Gasteiger partial charge >= 0.3 is 17.8 Å². The van der Waals surface area contributed by atoms with Gasteiger partial charge < -0.3 is 10.2 Å². The van der Waals surface area contributed by atoms with E-state index in [1.807, 2.05) is 11.4 Å². The highest BCUT2D eigenvalue weighted by Crippen LogP contribution is 2.22. The molecule has 1 fully saturated rings. The van der Waals surface area contributed by atoms with Crippen LogP contribution in [-0.4, -0.2) is 40.3 Å². The van der Waals surface area contributed by atoms with Gasteiger partial charge in [0.2, 0.25) is 0 Å². The highest BCUT2D eigenvalue weighted by Gasteiger charge is 2.40. The number of carbonyl (C=O) groups is 1. The maximum absolute atomic E-state index is 13.8. The SMILES string of the molecule is Cn1c(=O)cc(N2CCC[C@@H](NC(=O)C(F)(F)F)C2)n(Cc2cc(F)ccc2C#N)c1=O. The van der Waals surface area contributed by atoms with Crippen molar-refractivity contribution in [2.45, 2.75) is 31.6 Å². The molecule has 1 amide bonds. The average molecular weight is 453 g/mol. The molecule has 1 saturated heterocycles. The standard InChI is InChI=1S/C20H19F4N5O3/c1-27-17(30)8-16(28-6-2-3-15(11-28)26-18(31)20(22,23)24)29(19(27)32)10-13-7-14(21)5-4-12(13)9-25/h4-5,7-8,15H,2-3,6,10-11H2,1H3,(H,26,31)/t15-/m1/s1. The molecule has 170 valence electrons. The van der Waals surface area contributed by atoms with Crippen molar-refractivity contribution in [3.63, 3.8) is 0 Å². The fourth-order valence-electron chi connectivity index (χ4n) is 3.61. The van der Waals surface area contributed by atoms with Gasteiger partial charge in [-0.2, -0.15) is 18.4 Å². The minimum Gasteiger partial charge on any atom is -0.356 e. The molecule has 0 unspecified atom stereocenters. The molecular formula is C20H19F4N5O3. The summed E-state index contributed by atoms with van der Waals surface area (Å²) in [5, 5.41) is 11.2. The smallest absolute Gasteiger partial charge is 0.356 e. The van der Waals surface area contributed by atoms with Crippen molar-refractivity contribution in [1.82, 2.24) is 14.5 Å². The van der Waals surface area contributed by atoms with Crippen molar-refractivity contribution in [2.24, 2.45) is 7.05 Å². The molecule has 1 aliphatic rings. The van der Waals surface area contributed by atoms with Crippen molar-refractivity contribution < 1.29 is 22.4 Å². The molecule has 8 nitrogen and oxygen atoms in total. The number of nitriles is 1. The van der Waals surface area contributed by atoms with E-state index in [1.54, 1.807) is 0 Å². The van der Waals surface area contributed by atoms with E-state index in [0.717, 1.165) is 27.3 Å². The van der Waals surface area contributed by atoms with Gasteiger partial charge in [-0.05, 0) is 36.6 Å². The number of carbonyl (C=O) groups excluding carboxylic acids is 1. The molecule has 0 radical (unpaired) electrons. The van der Waals surface area contributed by atoms with Crippen molar-refractivity contribution in [3.8, 4) is 6.07 Å². The van der Waals surface area contributed by atoms with E-state index in [2.05, 4.69) is 0 Å². The number of aromatic nitrogens is 2. The molecule has 0 bridgehead atoms. The molecule has 3 rings (SSSR count). The van der Waals surface area contributed by atoms with Gasteiger partial charge in [-0.25, -0.2) is 9.18 Å². The number of anilines is 1. The Morgan fingerprint density at radius 3 is 2.66 bits per heavy atom. The second kappa shape index (κ2) is 8.86. The third-order valence-electron chi connectivity index (χ3n) is 5.23. The van der Waals surface area contributed by atoms with Gasteiger partial charge in [-0.15, -0.1) is 0 Å². The number of piperidine rings is 1. The van der Waals surface area contributed by atoms with Crippen LogP contribution < -0.4 is 21.5 Å². The summed E-state index contributed by atoms with van der Waals surface area (Å²) >= 11 is 0. The Labute approximate surface area is 179 Å². The minimum absolute atomic E-state index is 0.0668. The summed E-state index contributed by atoms with van der Waals surface area (Å²) in [6, 6.07) is 5.68. The van der Waals surface area contributed by atoms with Gasteiger partial charge in [0.15, 0.2) is 0 Å². The van der Waals surface area contributed by atoms with Gasteiger partial charge in [0.25, 0.3) is 5.56 Å². The van der Waals surface area contributed by atoms with Crippen LogP contribution in [0.5, 0.6) is 0 Å². The van der Waals surface area contributed by atoms with Gasteiger partial charge in [0, 0.05) is 32.2 Å². The Hall–Kier alpha value is -3.62. The third kappa shape index (κ3) is 4.82. The monoisotopic (exact) mass is 453 g/mol. The molecule has 1 N–H and O–H groups in total. The first-order chi connectivity index (χ1) is 15.0. The van der Waals surface area contributed by atoms with Crippen LogP contribution in [0.1, 0.15) is 24.0 Å². The number of alkyl halides is 3. The zero-order valence-corrected chi connectivity index (χ0v) is 16.9. The molecule has 0 aliphatic carbocycles. The van der Waals surface area contributed by atoms with Crippen LogP contribution in [0, 0.1) is 17.1 Å². The normalized spacial score (nSPS) is 16.5. The molecule has 1 aliphatic heterocycles. The van der Waals surface area contributed by atoms with Crippen LogP contribution in [0.2, 0.25) is 0 Å². The number of nitrogens with zero attached hydrogens (tertiary/aromatic N) is 4. The van der Waals surface area contributed by atoms with E-state index < -0.39 is 35.2 Å². The summed E-state index contributed by atoms with van der Waals surface area (Å²) in [7, 11) is 1.25. The van der Waals surface area contributed by atoms with Gasteiger partial charge in [-0.3, -0.25) is 18.7 Å². The lowest BCUT2D eigenvalue weighted by Crippen LogP contribution is -2.52. The summed E-state index contributed by atoms with van der Waals surface area (Å²) < 4.78 is 53.6. The Morgan fingerprint density at radius 1 is 1.28 bits per heavy atom. The molecule has 0 saturated carbocycles. The molecule has 1 aromatic heterocycles. The quantitative estimate of drug-likeness (QED) is 0.703. The molecule has 1 aromatic carbocycles. The number of rotatable bonds is 4. The first-order valence-electron chi connectivity index (χ1n) is 9.63. The van der Waals surface area contributed by atoms with Gasteiger partial charge in [0.05, 0.1) is 18.2 Å². The van der Waals surface area contributed by atoms with E-state index in [9.17, 15) is 37.2 Å². The Kier molecular flexibility index (Phi) is 6.38. The Balaban J connectivity index is 1.99. The molecule has 1 atom stereocenters. The summed E-state index contributed by atoms with van der Waals surface area (Å²) in [6.07, 6.45) is -4.34. The third-order valence-corrected chi connectivity index (χ3v) is 5.23. The van der Waals surface area contributed by atoms with Crippen molar-refractivity contribution in [2.75, 3.05) is 18.0 Å². The van der Waals surface area contributed by atoms with Crippen molar-refractivity contribution >= 4 is 11.7 Å². The number of halogens is 4. The van der Waals surface area contributed by atoms with Crippen molar-refractivity contribution in [1.29, 1.82) is 5.26 Å². The minimum atomic E-state index is -5.03. The maximum atomic E-state index is 13.8. The summed E-state index contributed by atoms with van der Waals surface area (Å²) in [4.78, 5) is 37.9. The molecular weight excluding hydrogens is 434 g/mol. The summed E-state index contributed by atoms with van der Waals surface area (Å²) in [5.74, 6) is -2.58. The second-order valence-corrected chi connectivity index (χ2v) is 7.44. The van der Waals surface area contributed by atoms with Gasteiger partial charge in [-0.1, -0.05) is 0 Å². The van der Waals surface area contributed by atoms with Crippen LogP contribution >= 0.6 is 0 Å². The first-order valence-corrected chi connectivity index (χ1v) is 9.63. The highest BCUT2D eigenvalue weighted by atomic mass is 19.4. The molecule has 0 spiro atoms. The lowest BCUT2D eigenvalue weighted by atomic mass is 10.1. The maximum Gasteiger partial charge on any atom is 0.471 e. The number of nitrogens with one attached hydrogen (secondary N) is 1. The predicted molar refractivity (Wildman–Crippen MR) is 106 cm³/mol. The largest absolute Gasteiger partial charge is 0.471 e. The number of hydrogen-bond donors (Lipinski definition) is 1. The van der Waals surface area contributed by atoms with E-state index in [-0.39, 0.29) is 36.5 Å². The zero-order valence-electron chi connectivity index (χ0n) is 16.9. The van der Waals surface area contributed by atoms with E-state index in [4.69, 9.17) is 0 Å². The lowest BCUT2D eigenvalue weighted by Gasteiger charge is -2.36. The second-order valence-electron chi connectivity index (χ2n) is 7.44. The highest BCUT2D eigenvalue weighted by molar-refractivity contribution is 5.82. The topological polar surface area (TPSA) is 100 Å². The van der Waals surface area contributed by atoms with Crippen molar-refractivity contribution in [3.05, 3.63) is 62.0 Å². The van der Waals surface area contributed by atoms with E-state index in [1.165, 1.54) is 18.0 Å². The first kappa shape index (κ1) is 23.1. The average Bonchev–Trinajstić information content (AvgIpc) is 2.73. The summed E-state index contributed by atoms with van der Waals surface area (Å²) in [6.45, 7) is 0.0148. The Bertz CT molecular complexity index is 1200. The lowest BCUT2D eigenvalue weighted by molar-refractivity contribution is -0.174. The zero-order chi connectivity index (χ0) is 23.6. The Morgan fingerprint density at radius 2 is 2.00 bits per heavy atom. The number of amides is 1. The summed E-state index contributed by atoms with van der Waals surface area (Å²) in [5.41, 5.74) is -1.04. The van der Waals surface area contributed by atoms with Crippen LogP contribution in [0.4, 0.5) is 23.4 Å². The molecule has 2 aromatic rings. The molecule has 2 heterocycles. The number of benzene rings is 1. The predicted octanol–water partition coefficient (Wildman–Crippen LogP) is 1.25. The van der Waals surface area contributed by atoms with Crippen LogP contribution in [0.15, 0.2) is 33.9 Å².